The molecule has 1 unspecified atom stereocenters. The van der Waals surface area contributed by atoms with Crippen molar-refractivity contribution in [1.82, 2.24) is 19.8 Å². The fourth-order valence-corrected chi connectivity index (χ4v) is 4.34. The molecule has 1 aromatic heterocycles. The first kappa shape index (κ1) is 20.8. The van der Waals surface area contributed by atoms with E-state index < -0.39 is 0 Å². The normalized spacial score (nSPS) is 20.0. The van der Waals surface area contributed by atoms with Gasteiger partial charge in [0.15, 0.2) is 0 Å². The summed E-state index contributed by atoms with van der Waals surface area (Å²) in [5, 5.41) is 2.97. The second-order valence-corrected chi connectivity index (χ2v) is 8.56. The van der Waals surface area contributed by atoms with Gasteiger partial charge in [0.25, 0.3) is 0 Å². The first-order valence-corrected chi connectivity index (χ1v) is 11.2. The molecule has 4 rings (SSSR count). The third kappa shape index (κ3) is 4.83. The van der Waals surface area contributed by atoms with Gasteiger partial charge in [-0.05, 0) is 50.2 Å². The first-order chi connectivity index (χ1) is 14.6. The molecule has 2 amide bonds. The maximum absolute atomic E-state index is 12.9. The molecule has 2 aromatic rings. The van der Waals surface area contributed by atoms with Gasteiger partial charge in [-0.15, -0.1) is 0 Å². The minimum Gasteiger partial charge on any atom is -0.368 e. The Morgan fingerprint density at radius 2 is 2.00 bits per heavy atom. The number of piperidine rings is 1. The Kier molecular flexibility index (Phi) is 6.67. The van der Waals surface area contributed by atoms with E-state index in [0.29, 0.717) is 32.0 Å². The number of rotatable bonds is 7. The average molecular weight is 413 g/mol. The number of aryl methyl sites for hydroxylation is 1. The molecule has 0 radical (unpaired) electrons. The van der Waals surface area contributed by atoms with Crippen molar-refractivity contribution in [2.75, 3.05) is 26.2 Å². The monoisotopic (exact) mass is 412 g/mol. The lowest BCUT2D eigenvalue weighted by Gasteiger charge is -2.30. The van der Waals surface area contributed by atoms with Crippen LogP contribution in [0.25, 0.3) is 11.0 Å². The molecular formula is C23H32N4O3. The van der Waals surface area contributed by atoms with E-state index in [4.69, 9.17) is 9.72 Å². The molecule has 7 nitrogen and oxygen atoms in total. The molecule has 1 atom stereocenters. The Labute approximate surface area is 177 Å². The molecule has 1 N–H and O–H groups in total. The molecule has 0 saturated carbocycles. The number of amides is 2. The van der Waals surface area contributed by atoms with Gasteiger partial charge in [0.1, 0.15) is 18.5 Å². The van der Waals surface area contributed by atoms with Gasteiger partial charge >= 0.3 is 0 Å². The number of likely N-dealkylation sites (tertiary alicyclic amines) is 1. The number of nitrogens with zero attached hydrogens (tertiary/aromatic N) is 3. The summed E-state index contributed by atoms with van der Waals surface area (Å²) in [5.41, 5.74) is 1.91. The molecule has 2 aliphatic rings. The van der Waals surface area contributed by atoms with Crippen LogP contribution in [0.1, 0.15) is 44.9 Å². The van der Waals surface area contributed by atoms with E-state index in [2.05, 4.69) is 16.8 Å². The molecule has 7 heteroatoms. The predicted molar refractivity (Wildman–Crippen MR) is 115 cm³/mol. The van der Waals surface area contributed by atoms with Crippen LogP contribution in [0.4, 0.5) is 0 Å². The van der Waals surface area contributed by atoms with Crippen LogP contribution >= 0.6 is 0 Å². The van der Waals surface area contributed by atoms with Crippen molar-refractivity contribution >= 4 is 22.8 Å². The van der Waals surface area contributed by atoms with E-state index in [9.17, 15) is 9.59 Å². The van der Waals surface area contributed by atoms with E-state index in [0.717, 1.165) is 62.1 Å². The molecule has 2 saturated heterocycles. The second-order valence-electron chi connectivity index (χ2n) is 8.56. The molecule has 162 valence electrons. The number of nitrogens with one attached hydrogen (secondary N) is 1. The molecule has 30 heavy (non-hydrogen) atoms. The highest BCUT2D eigenvalue weighted by atomic mass is 16.5. The van der Waals surface area contributed by atoms with E-state index in [-0.39, 0.29) is 17.9 Å². The summed E-state index contributed by atoms with van der Waals surface area (Å²) in [6, 6.07) is 7.97. The van der Waals surface area contributed by atoms with Crippen molar-refractivity contribution in [3.8, 4) is 0 Å². The number of benzene rings is 1. The van der Waals surface area contributed by atoms with Crippen LogP contribution < -0.4 is 5.32 Å². The highest BCUT2D eigenvalue weighted by Crippen LogP contribution is 2.20. The standard InChI is InChI=1S/C23H32N4O3/c1-17-10-13-26(14-11-17)22(28)16-27-19-7-3-2-6-18(19)25-21(27)9-4-12-24-23(29)20-8-5-15-30-20/h2-3,6-7,17,20H,4-5,8-16H2,1H3,(H,24,29). The zero-order valence-corrected chi connectivity index (χ0v) is 17.8. The zero-order valence-electron chi connectivity index (χ0n) is 17.8. The quantitative estimate of drug-likeness (QED) is 0.709. The van der Waals surface area contributed by atoms with Crippen LogP contribution in [0, 0.1) is 5.92 Å². The lowest BCUT2D eigenvalue weighted by molar-refractivity contribution is -0.133. The number of ether oxygens (including phenoxy) is 1. The Morgan fingerprint density at radius 1 is 1.20 bits per heavy atom. The molecule has 0 spiro atoms. The number of imidazole rings is 1. The summed E-state index contributed by atoms with van der Waals surface area (Å²) >= 11 is 0. The number of fused-ring (bicyclic) bond motifs is 1. The lowest BCUT2D eigenvalue weighted by Crippen LogP contribution is -2.40. The van der Waals surface area contributed by atoms with E-state index in [1.807, 2.05) is 29.2 Å². The van der Waals surface area contributed by atoms with Crippen LogP contribution in [0.2, 0.25) is 0 Å². The van der Waals surface area contributed by atoms with Crippen molar-refractivity contribution in [3.05, 3.63) is 30.1 Å². The van der Waals surface area contributed by atoms with Gasteiger partial charge in [-0.2, -0.15) is 0 Å². The van der Waals surface area contributed by atoms with Crippen LogP contribution in [0.3, 0.4) is 0 Å². The highest BCUT2D eigenvalue weighted by molar-refractivity contribution is 5.81. The van der Waals surface area contributed by atoms with Crippen molar-refractivity contribution in [2.24, 2.45) is 5.92 Å². The Hall–Kier alpha value is -2.41. The summed E-state index contributed by atoms with van der Waals surface area (Å²) < 4.78 is 7.48. The number of hydrogen-bond acceptors (Lipinski definition) is 4. The van der Waals surface area contributed by atoms with Crippen molar-refractivity contribution in [1.29, 1.82) is 0 Å². The maximum atomic E-state index is 12.9. The first-order valence-electron chi connectivity index (χ1n) is 11.2. The number of carbonyl (C=O) groups excluding carboxylic acids is 2. The maximum Gasteiger partial charge on any atom is 0.249 e. The molecule has 2 aliphatic heterocycles. The van der Waals surface area contributed by atoms with E-state index in [1.165, 1.54) is 0 Å². The Bertz CT molecular complexity index is 880. The summed E-state index contributed by atoms with van der Waals surface area (Å²) in [4.78, 5) is 31.8. The zero-order chi connectivity index (χ0) is 20.9. The average Bonchev–Trinajstić information content (AvgIpc) is 3.40. The van der Waals surface area contributed by atoms with Crippen molar-refractivity contribution in [2.45, 2.75) is 58.1 Å². The minimum absolute atomic E-state index is 0.0180. The van der Waals surface area contributed by atoms with Gasteiger partial charge < -0.3 is 19.5 Å². The van der Waals surface area contributed by atoms with Crippen LogP contribution in [-0.2, 0) is 27.3 Å². The topological polar surface area (TPSA) is 76.5 Å². The van der Waals surface area contributed by atoms with Crippen molar-refractivity contribution in [3.63, 3.8) is 0 Å². The van der Waals surface area contributed by atoms with Gasteiger partial charge in [0.2, 0.25) is 11.8 Å². The molecule has 0 aliphatic carbocycles. The van der Waals surface area contributed by atoms with Gasteiger partial charge in [-0.3, -0.25) is 9.59 Å². The smallest absolute Gasteiger partial charge is 0.249 e. The molecular weight excluding hydrogens is 380 g/mol. The number of hydrogen-bond donors (Lipinski definition) is 1. The van der Waals surface area contributed by atoms with E-state index >= 15 is 0 Å². The molecule has 1 aromatic carbocycles. The fraction of sp³-hybridized carbons (Fsp3) is 0.609. The van der Waals surface area contributed by atoms with Gasteiger partial charge in [0.05, 0.1) is 11.0 Å². The molecule has 3 heterocycles. The van der Waals surface area contributed by atoms with Crippen LogP contribution in [0.15, 0.2) is 24.3 Å². The predicted octanol–water partition coefficient (Wildman–Crippen LogP) is 2.52. The molecule has 2 fully saturated rings. The third-order valence-electron chi connectivity index (χ3n) is 6.26. The number of carbonyl (C=O) groups is 2. The summed E-state index contributed by atoms with van der Waals surface area (Å²) in [5.74, 6) is 1.75. The van der Waals surface area contributed by atoms with Gasteiger partial charge in [-0.1, -0.05) is 19.1 Å². The summed E-state index contributed by atoms with van der Waals surface area (Å²) in [7, 11) is 0. The number of para-hydroxylation sites is 2. The lowest BCUT2D eigenvalue weighted by atomic mass is 9.99. The Morgan fingerprint density at radius 3 is 2.77 bits per heavy atom. The Balaban J connectivity index is 1.38. The third-order valence-corrected chi connectivity index (χ3v) is 6.26. The fourth-order valence-electron chi connectivity index (χ4n) is 4.34. The summed E-state index contributed by atoms with van der Waals surface area (Å²) in [6.07, 6.45) is 5.11. The van der Waals surface area contributed by atoms with Gasteiger partial charge in [-0.25, -0.2) is 4.98 Å². The largest absolute Gasteiger partial charge is 0.368 e. The minimum atomic E-state index is -0.292. The second kappa shape index (κ2) is 9.60. The van der Waals surface area contributed by atoms with Gasteiger partial charge in [0, 0.05) is 32.7 Å². The molecule has 0 bridgehead atoms. The highest BCUT2D eigenvalue weighted by Gasteiger charge is 2.24. The number of aromatic nitrogens is 2. The SMILES string of the molecule is CC1CCN(C(=O)Cn2c(CCCNC(=O)C3CCCO3)nc3ccccc32)CC1. The van der Waals surface area contributed by atoms with Crippen LogP contribution in [-0.4, -0.2) is 58.6 Å². The van der Waals surface area contributed by atoms with Crippen molar-refractivity contribution < 1.29 is 14.3 Å². The van der Waals surface area contributed by atoms with E-state index in [1.54, 1.807) is 0 Å². The van der Waals surface area contributed by atoms with Crippen LogP contribution in [0.5, 0.6) is 0 Å². The summed E-state index contributed by atoms with van der Waals surface area (Å²) in [6.45, 7) is 5.52.